The topological polar surface area (TPSA) is 78.9 Å². The van der Waals surface area contributed by atoms with E-state index in [1.165, 1.54) is 161 Å². The summed E-state index contributed by atoms with van der Waals surface area (Å²) in [6, 6.07) is 0. The lowest BCUT2D eigenvalue weighted by molar-refractivity contribution is -0.167. The number of esters is 3. The van der Waals surface area contributed by atoms with Gasteiger partial charge in [0, 0.05) is 19.3 Å². The molecular formula is C67H116O6. The maximum absolute atomic E-state index is 12.8. The SMILES string of the molecule is CC/C=C\C/C=C\C/C=C\C/C=C\C/C=C\CCCCCCCCCCCCCCCCCC(=O)OCC(COC(=O)CCCCCCCCC)OC(=O)CCCCCCCCC/C=C\C/C=C\CCCCC. The number of rotatable bonds is 56. The van der Waals surface area contributed by atoms with Crippen molar-refractivity contribution >= 4 is 17.9 Å². The zero-order valence-electron chi connectivity index (χ0n) is 48.1. The van der Waals surface area contributed by atoms with Crippen LogP contribution in [0, 0.1) is 0 Å². The normalized spacial score (nSPS) is 12.6. The molecule has 0 spiro atoms. The van der Waals surface area contributed by atoms with Crippen LogP contribution in [-0.4, -0.2) is 37.2 Å². The Labute approximate surface area is 452 Å². The highest BCUT2D eigenvalue weighted by Gasteiger charge is 2.19. The monoisotopic (exact) mass is 1020 g/mol. The Morgan fingerprint density at radius 3 is 0.863 bits per heavy atom. The van der Waals surface area contributed by atoms with Crippen LogP contribution in [0.2, 0.25) is 0 Å². The Morgan fingerprint density at radius 2 is 0.534 bits per heavy atom. The second kappa shape index (κ2) is 61.1. The maximum atomic E-state index is 12.8. The highest BCUT2D eigenvalue weighted by Crippen LogP contribution is 2.16. The summed E-state index contributed by atoms with van der Waals surface area (Å²) < 4.78 is 16.8. The summed E-state index contributed by atoms with van der Waals surface area (Å²) in [5.74, 6) is -0.882. The first-order valence-corrected chi connectivity index (χ1v) is 31.1. The lowest BCUT2D eigenvalue weighted by Gasteiger charge is -2.18. The summed E-state index contributed by atoms with van der Waals surface area (Å²) in [6.45, 7) is 6.47. The molecule has 0 aliphatic heterocycles. The molecule has 0 saturated carbocycles. The Kier molecular flexibility index (Phi) is 58.3. The number of unbranched alkanes of at least 4 members (excludes halogenated alkanes) is 31. The molecule has 0 aromatic carbocycles. The smallest absolute Gasteiger partial charge is 0.306 e. The van der Waals surface area contributed by atoms with E-state index >= 15 is 0 Å². The van der Waals surface area contributed by atoms with Gasteiger partial charge in [0.05, 0.1) is 0 Å². The first-order chi connectivity index (χ1) is 36.0. The van der Waals surface area contributed by atoms with Crippen molar-refractivity contribution in [2.24, 2.45) is 0 Å². The molecule has 0 aromatic heterocycles. The van der Waals surface area contributed by atoms with Crippen LogP contribution in [-0.2, 0) is 28.6 Å². The lowest BCUT2D eigenvalue weighted by atomic mass is 10.0. The molecule has 6 nitrogen and oxygen atoms in total. The van der Waals surface area contributed by atoms with Gasteiger partial charge in [0.2, 0.25) is 0 Å². The molecule has 420 valence electrons. The van der Waals surface area contributed by atoms with Crippen molar-refractivity contribution in [3.05, 3.63) is 85.1 Å². The first-order valence-electron chi connectivity index (χ1n) is 31.1. The largest absolute Gasteiger partial charge is 0.462 e. The minimum atomic E-state index is -0.776. The second-order valence-corrected chi connectivity index (χ2v) is 20.6. The number of carbonyl (C=O) groups excluding carboxylic acids is 3. The molecule has 0 amide bonds. The highest BCUT2D eigenvalue weighted by atomic mass is 16.6. The van der Waals surface area contributed by atoms with Gasteiger partial charge in [0.1, 0.15) is 13.2 Å². The molecule has 0 rings (SSSR count). The van der Waals surface area contributed by atoms with Crippen LogP contribution in [0.3, 0.4) is 0 Å². The predicted molar refractivity (Wildman–Crippen MR) is 316 cm³/mol. The summed E-state index contributed by atoms with van der Waals surface area (Å²) in [4.78, 5) is 38.0. The standard InChI is InChI=1S/C67H116O6/c1-4-7-10-13-16-18-20-22-24-26-27-28-29-30-31-32-33-34-35-36-37-38-39-41-42-44-46-48-51-54-57-60-66(69)72-63-64(62-71-65(68)59-56-53-50-15-12-9-6-3)73-67(70)61-58-55-52-49-47-45-43-40-25-23-21-19-17-14-11-8-5-2/h7,10,16-19,22-25,27-28,30-31,64H,4-6,8-9,11-15,20-21,26,29,32-63H2,1-3H3/b10-7-,18-16-,19-17-,24-22-,25-23-,28-27-,31-30-. The number of carbonyl (C=O) groups is 3. The maximum Gasteiger partial charge on any atom is 0.306 e. The van der Waals surface area contributed by atoms with E-state index in [2.05, 4.69) is 106 Å². The Balaban J connectivity index is 4.07. The van der Waals surface area contributed by atoms with Crippen molar-refractivity contribution < 1.29 is 28.6 Å². The molecule has 0 N–H and O–H groups in total. The number of ether oxygens (including phenoxy) is 3. The van der Waals surface area contributed by atoms with Gasteiger partial charge >= 0.3 is 17.9 Å². The Bertz CT molecular complexity index is 1400. The van der Waals surface area contributed by atoms with E-state index in [-0.39, 0.29) is 31.1 Å². The lowest BCUT2D eigenvalue weighted by Crippen LogP contribution is -2.30. The molecule has 0 aliphatic carbocycles. The van der Waals surface area contributed by atoms with Gasteiger partial charge in [-0.2, -0.15) is 0 Å². The van der Waals surface area contributed by atoms with Gasteiger partial charge < -0.3 is 14.2 Å². The average molecular weight is 1020 g/mol. The summed E-state index contributed by atoms with van der Waals surface area (Å²) in [6.07, 6.45) is 80.4. The molecule has 0 aliphatic rings. The average Bonchev–Trinajstić information content (AvgIpc) is 3.39. The Morgan fingerprint density at radius 1 is 0.288 bits per heavy atom. The van der Waals surface area contributed by atoms with Crippen molar-refractivity contribution in [1.29, 1.82) is 0 Å². The van der Waals surface area contributed by atoms with Crippen LogP contribution < -0.4 is 0 Å². The summed E-state index contributed by atoms with van der Waals surface area (Å²) >= 11 is 0. The predicted octanol–water partition coefficient (Wildman–Crippen LogP) is 21.1. The fourth-order valence-electron chi connectivity index (χ4n) is 8.74. The van der Waals surface area contributed by atoms with Crippen molar-refractivity contribution in [3.8, 4) is 0 Å². The zero-order chi connectivity index (χ0) is 52.9. The van der Waals surface area contributed by atoms with E-state index in [9.17, 15) is 14.4 Å². The fraction of sp³-hybridized carbons (Fsp3) is 0.746. The van der Waals surface area contributed by atoms with E-state index in [1.807, 2.05) is 0 Å². The first kappa shape index (κ1) is 69.6. The molecule has 73 heavy (non-hydrogen) atoms. The van der Waals surface area contributed by atoms with Crippen LogP contribution >= 0.6 is 0 Å². The molecular weight excluding hydrogens is 901 g/mol. The van der Waals surface area contributed by atoms with Crippen LogP contribution in [0.5, 0.6) is 0 Å². The summed E-state index contributed by atoms with van der Waals surface area (Å²) in [5, 5.41) is 0. The fourth-order valence-corrected chi connectivity index (χ4v) is 8.74. The molecule has 0 heterocycles. The zero-order valence-corrected chi connectivity index (χ0v) is 48.1. The highest BCUT2D eigenvalue weighted by molar-refractivity contribution is 5.71. The third-order valence-corrected chi connectivity index (χ3v) is 13.4. The van der Waals surface area contributed by atoms with E-state index < -0.39 is 6.10 Å². The van der Waals surface area contributed by atoms with Gasteiger partial charge in [-0.05, 0) is 96.3 Å². The molecule has 0 radical (unpaired) electrons. The number of hydrogen-bond acceptors (Lipinski definition) is 6. The molecule has 1 atom stereocenters. The van der Waals surface area contributed by atoms with Crippen molar-refractivity contribution in [2.75, 3.05) is 13.2 Å². The van der Waals surface area contributed by atoms with E-state index in [1.54, 1.807) is 0 Å². The Hall–Kier alpha value is -3.41. The van der Waals surface area contributed by atoms with E-state index in [0.29, 0.717) is 19.3 Å². The van der Waals surface area contributed by atoms with Crippen molar-refractivity contribution in [2.45, 2.75) is 309 Å². The molecule has 1 unspecified atom stereocenters. The minimum absolute atomic E-state index is 0.0766. The van der Waals surface area contributed by atoms with Crippen LogP contribution in [0.4, 0.5) is 0 Å². The number of allylic oxidation sites excluding steroid dienone is 14. The molecule has 6 heteroatoms. The van der Waals surface area contributed by atoms with Gasteiger partial charge in [-0.3, -0.25) is 14.4 Å². The number of hydrogen-bond donors (Lipinski definition) is 0. The van der Waals surface area contributed by atoms with Gasteiger partial charge in [0.15, 0.2) is 6.10 Å². The quantitative estimate of drug-likeness (QED) is 0.0261. The molecule has 0 fully saturated rings. The van der Waals surface area contributed by atoms with Crippen molar-refractivity contribution in [3.63, 3.8) is 0 Å². The van der Waals surface area contributed by atoms with Gasteiger partial charge in [-0.25, -0.2) is 0 Å². The molecule has 0 aromatic rings. The summed E-state index contributed by atoms with van der Waals surface area (Å²) in [7, 11) is 0. The van der Waals surface area contributed by atoms with Crippen LogP contribution in [0.25, 0.3) is 0 Å². The molecule has 0 saturated heterocycles. The van der Waals surface area contributed by atoms with Gasteiger partial charge in [-0.15, -0.1) is 0 Å². The third kappa shape index (κ3) is 59.3. The second-order valence-electron chi connectivity index (χ2n) is 20.6. The van der Waals surface area contributed by atoms with Gasteiger partial charge in [-0.1, -0.05) is 273 Å². The van der Waals surface area contributed by atoms with Crippen molar-refractivity contribution in [1.82, 2.24) is 0 Å². The minimum Gasteiger partial charge on any atom is -0.462 e. The van der Waals surface area contributed by atoms with E-state index in [4.69, 9.17) is 14.2 Å². The molecule has 0 bridgehead atoms. The van der Waals surface area contributed by atoms with Crippen LogP contribution in [0.1, 0.15) is 303 Å². The van der Waals surface area contributed by atoms with E-state index in [0.717, 1.165) is 103 Å². The third-order valence-electron chi connectivity index (χ3n) is 13.4. The summed E-state index contributed by atoms with van der Waals surface area (Å²) in [5.41, 5.74) is 0. The van der Waals surface area contributed by atoms with Gasteiger partial charge in [0.25, 0.3) is 0 Å². The van der Waals surface area contributed by atoms with Crippen LogP contribution in [0.15, 0.2) is 85.1 Å².